The molecule has 2 N–H and O–H groups in total. The van der Waals surface area contributed by atoms with Crippen LogP contribution in [0.4, 0.5) is 4.79 Å². The second-order valence-electron chi connectivity index (χ2n) is 7.45. The van der Waals surface area contributed by atoms with Crippen LogP contribution in [-0.4, -0.2) is 58.3 Å². The van der Waals surface area contributed by atoms with Gasteiger partial charge in [-0.05, 0) is 18.2 Å². The number of hydrogen-bond donors (Lipinski definition) is 2. The van der Waals surface area contributed by atoms with Gasteiger partial charge in [0.1, 0.15) is 5.60 Å². The van der Waals surface area contributed by atoms with Gasteiger partial charge >= 0.3 is 6.03 Å². The van der Waals surface area contributed by atoms with Crippen LogP contribution in [0.15, 0.2) is 30.6 Å². The third kappa shape index (κ3) is 3.28. The third-order valence-electron chi connectivity index (χ3n) is 5.52. The number of methoxy groups -OCH3 is 1. The maximum Gasteiger partial charge on any atom is 0.317 e. The molecule has 1 aromatic carbocycles. The zero-order valence-corrected chi connectivity index (χ0v) is 16.6. The molecule has 3 aromatic rings. The molecule has 0 saturated carbocycles. The molecule has 2 aliphatic heterocycles. The molecule has 0 unspecified atom stereocenters. The molecular weight excluding hydrogens is 394 g/mol. The number of fused-ring (bicyclic) bond motifs is 1. The van der Waals surface area contributed by atoms with E-state index in [4.69, 9.17) is 21.1 Å². The van der Waals surface area contributed by atoms with Crippen molar-refractivity contribution < 1.29 is 14.3 Å². The summed E-state index contributed by atoms with van der Waals surface area (Å²) in [5, 5.41) is 4.50. The van der Waals surface area contributed by atoms with E-state index >= 15 is 0 Å². The fourth-order valence-electron chi connectivity index (χ4n) is 3.78. The number of carbonyl (C=O) groups is 1. The lowest BCUT2D eigenvalue weighted by Crippen LogP contribution is -2.70. The topological polar surface area (TPSA) is 92.4 Å². The predicted octanol–water partition coefficient (Wildman–Crippen LogP) is 2.97. The largest absolute Gasteiger partial charge is 0.480 e. The minimum atomic E-state index is -0.0722. The van der Waals surface area contributed by atoms with Gasteiger partial charge in [-0.3, -0.25) is 0 Å². The highest BCUT2D eigenvalue weighted by molar-refractivity contribution is 6.34. The van der Waals surface area contributed by atoms with Gasteiger partial charge in [-0.2, -0.15) is 0 Å². The number of benzene rings is 1. The predicted molar refractivity (Wildman–Crippen MR) is 108 cm³/mol. The Hall–Kier alpha value is -2.84. The lowest BCUT2D eigenvalue weighted by Gasteiger charge is -2.54. The van der Waals surface area contributed by atoms with Gasteiger partial charge in [0.25, 0.3) is 0 Å². The number of ether oxygens (including phenoxy) is 2. The van der Waals surface area contributed by atoms with Gasteiger partial charge in [-0.25, -0.2) is 14.8 Å². The number of rotatable bonds is 4. The maximum atomic E-state index is 12.3. The maximum absolute atomic E-state index is 12.3. The van der Waals surface area contributed by atoms with Crippen molar-refractivity contribution in [3.8, 4) is 17.1 Å². The standard InChI is InChI=1S/C20H20ClN5O3/c1-28-18-9-22-17(8-23-18)14-6-16-12(5-15(14)21)4-13(25-16)7-24-19(27)26-10-20(11-26)2-3-29-20/h4-6,8-9,25H,2-3,7,10-11H2,1H3,(H,24,27). The van der Waals surface area contributed by atoms with Crippen LogP contribution in [0, 0.1) is 0 Å². The first-order valence-electron chi connectivity index (χ1n) is 9.40. The van der Waals surface area contributed by atoms with Gasteiger partial charge in [0.2, 0.25) is 5.88 Å². The fraction of sp³-hybridized carbons (Fsp3) is 0.350. The van der Waals surface area contributed by atoms with Crippen LogP contribution in [0.2, 0.25) is 5.02 Å². The summed E-state index contributed by atoms with van der Waals surface area (Å²) in [6.07, 6.45) is 4.22. The fourth-order valence-corrected chi connectivity index (χ4v) is 4.05. The van der Waals surface area contributed by atoms with Crippen LogP contribution in [0.5, 0.6) is 5.88 Å². The summed E-state index contributed by atoms with van der Waals surface area (Å²) >= 11 is 6.46. The summed E-state index contributed by atoms with van der Waals surface area (Å²) in [5.41, 5.74) is 3.19. The number of likely N-dealkylation sites (tertiary alicyclic amines) is 1. The molecule has 0 aliphatic carbocycles. The number of H-pyrrole nitrogens is 1. The number of halogens is 1. The van der Waals surface area contributed by atoms with Crippen LogP contribution >= 0.6 is 11.6 Å². The molecule has 4 heterocycles. The van der Waals surface area contributed by atoms with E-state index in [1.165, 1.54) is 0 Å². The van der Waals surface area contributed by atoms with Crippen molar-refractivity contribution in [2.75, 3.05) is 26.8 Å². The first kappa shape index (κ1) is 18.2. The first-order valence-corrected chi connectivity index (χ1v) is 9.77. The summed E-state index contributed by atoms with van der Waals surface area (Å²) in [6, 6.07) is 5.73. The lowest BCUT2D eigenvalue weighted by atomic mass is 9.86. The summed E-state index contributed by atoms with van der Waals surface area (Å²) in [4.78, 5) is 25.9. The molecule has 150 valence electrons. The summed E-state index contributed by atoms with van der Waals surface area (Å²) < 4.78 is 10.6. The molecule has 2 saturated heterocycles. The Morgan fingerprint density at radius 1 is 1.34 bits per heavy atom. The lowest BCUT2D eigenvalue weighted by molar-refractivity contribution is -0.208. The van der Waals surface area contributed by atoms with Crippen LogP contribution in [0.1, 0.15) is 12.1 Å². The Kier molecular flexibility index (Phi) is 4.33. The van der Waals surface area contributed by atoms with Crippen molar-refractivity contribution >= 4 is 28.5 Å². The van der Waals surface area contributed by atoms with Gasteiger partial charge in [-0.1, -0.05) is 11.6 Å². The third-order valence-corrected chi connectivity index (χ3v) is 5.83. The van der Waals surface area contributed by atoms with E-state index < -0.39 is 0 Å². The van der Waals surface area contributed by atoms with Gasteiger partial charge in [0.05, 0.1) is 56.5 Å². The van der Waals surface area contributed by atoms with E-state index in [2.05, 4.69) is 20.3 Å². The average Bonchev–Trinajstić information content (AvgIpc) is 3.05. The molecule has 2 aliphatic rings. The van der Waals surface area contributed by atoms with Crippen molar-refractivity contribution in [2.45, 2.75) is 18.6 Å². The highest BCUT2D eigenvalue weighted by Gasteiger charge is 2.50. The monoisotopic (exact) mass is 413 g/mol. The number of amides is 2. The van der Waals surface area contributed by atoms with Crippen molar-refractivity contribution in [1.29, 1.82) is 0 Å². The van der Waals surface area contributed by atoms with Gasteiger partial charge < -0.3 is 24.7 Å². The molecule has 29 heavy (non-hydrogen) atoms. The summed E-state index contributed by atoms with van der Waals surface area (Å²) in [7, 11) is 1.54. The Labute approximate surface area is 172 Å². The second kappa shape index (κ2) is 6.89. The van der Waals surface area contributed by atoms with E-state index in [1.54, 1.807) is 24.4 Å². The molecule has 0 bridgehead atoms. The number of aromatic nitrogens is 3. The van der Waals surface area contributed by atoms with Gasteiger partial charge in [-0.15, -0.1) is 0 Å². The molecule has 2 aromatic heterocycles. The summed E-state index contributed by atoms with van der Waals surface area (Å²) in [5.74, 6) is 0.445. The zero-order chi connectivity index (χ0) is 20.0. The number of aromatic amines is 1. The SMILES string of the molecule is COc1cnc(-c2cc3[nH]c(CNC(=O)N4CC5(CCO5)C4)cc3cc2Cl)cn1. The number of nitrogens with one attached hydrogen (secondary N) is 2. The Morgan fingerprint density at radius 2 is 2.17 bits per heavy atom. The Morgan fingerprint density at radius 3 is 2.83 bits per heavy atom. The molecule has 2 fully saturated rings. The smallest absolute Gasteiger partial charge is 0.317 e. The van der Waals surface area contributed by atoms with E-state index in [-0.39, 0.29) is 11.6 Å². The molecule has 9 heteroatoms. The minimum absolute atomic E-state index is 0.0596. The molecule has 2 amide bonds. The number of carbonyl (C=O) groups excluding carboxylic acids is 1. The van der Waals surface area contributed by atoms with Crippen LogP contribution in [0.25, 0.3) is 22.2 Å². The molecule has 0 radical (unpaired) electrons. The normalized spacial score (nSPS) is 17.1. The highest BCUT2D eigenvalue weighted by Crippen LogP contribution is 2.36. The van der Waals surface area contributed by atoms with Crippen molar-refractivity contribution in [2.24, 2.45) is 0 Å². The van der Waals surface area contributed by atoms with E-state index in [0.717, 1.165) is 35.2 Å². The van der Waals surface area contributed by atoms with Gasteiger partial charge in [0.15, 0.2) is 0 Å². The van der Waals surface area contributed by atoms with Gasteiger partial charge in [0, 0.05) is 28.6 Å². The molecule has 1 spiro atoms. The number of hydrogen-bond acceptors (Lipinski definition) is 5. The number of urea groups is 1. The molecular formula is C20H20ClN5O3. The second-order valence-corrected chi connectivity index (χ2v) is 7.86. The van der Waals surface area contributed by atoms with Crippen molar-refractivity contribution in [3.63, 3.8) is 0 Å². The van der Waals surface area contributed by atoms with E-state index in [0.29, 0.717) is 36.2 Å². The zero-order valence-electron chi connectivity index (χ0n) is 15.9. The Balaban J connectivity index is 1.29. The highest BCUT2D eigenvalue weighted by atomic mass is 35.5. The van der Waals surface area contributed by atoms with Crippen molar-refractivity contribution in [3.05, 3.63) is 41.3 Å². The van der Waals surface area contributed by atoms with Crippen LogP contribution in [0.3, 0.4) is 0 Å². The quantitative estimate of drug-likeness (QED) is 0.686. The summed E-state index contributed by atoms with van der Waals surface area (Å²) in [6.45, 7) is 2.56. The molecule has 0 atom stereocenters. The number of nitrogens with zero attached hydrogens (tertiary/aromatic N) is 3. The Bertz CT molecular complexity index is 1070. The average molecular weight is 414 g/mol. The first-order chi connectivity index (χ1) is 14.0. The van der Waals surface area contributed by atoms with Crippen LogP contribution in [-0.2, 0) is 11.3 Å². The van der Waals surface area contributed by atoms with E-state index in [1.807, 2.05) is 18.2 Å². The minimum Gasteiger partial charge on any atom is -0.480 e. The van der Waals surface area contributed by atoms with E-state index in [9.17, 15) is 4.79 Å². The van der Waals surface area contributed by atoms with Crippen molar-refractivity contribution in [1.82, 2.24) is 25.2 Å². The van der Waals surface area contributed by atoms with Crippen LogP contribution < -0.4 is 10.1 Å². The molecule has 8 nitrogen and oxygen atoms in total. The molecule has 5 rings (SSSR count).